The van der Waals surface area contributed by atoms with Crippen LogP contribution in [0.1, 0.15) is 5.69 Å². The fraction of sp³-hybridized carbons (Fsp3) is 0.0556. The lowest BCUT2D eigenvalue weighted by atomic mass is 10.2. The van der Waals surface area contributed by atoms with Crippen LogP contribution in [0.2, 0.25) is 0 Å². The summed E-state index contributed by atoms with van der Waals surface area (Å²) in [4.78, 5) is 11.2. The highest BCUT2D eigenvalue weighted by Gasteiger charge is 2.10. The van der Waals surface area contributed by atoms with Crippen LogP contribution in [0.4, 0.5) is 0 Å². The molecule has 108 valence electrons. The van der Waals surface area contributed by atoms with Gasteiger partial charge in [0.2, 0.25) is 0 Å². The summed E-state index contributed by atoms with van der Waals surface area (Å²) >= 11 is 0. The second-order valence-corrected chi connectivity index (χ2v) is 5.13. The number of methoxy groups -OCH3 is 1. The Bertz CT molecular complexity index is 925. The zero-order valence-electron chi connectivity index (χ0n) is 12.1. The van der Waals surface area contributed by atoms with Crippen molar-refractivity contribution in [3.05, 3.63) is 70.6 Å². The predicted octanol–water partition coefficient (Wildman–Crippen LogP) is 2.47. The Morgan fingerprint density at radius 1 is 1.09 bits per heavy atom. The average molecular weight is 289 g/mol. The first-order chi connectivity index (χ1) is 10.8. The molecular weight excluding hydrogens is 274 g/mol. The fourth-order valence-electron chi connectivity index (χ4n) is 2.63. The number of ether oxygens (including phenoxy) is 1. The summed E-state index contributed by atoms with van der Waals surface area (Å²) in [6.07, 6.45) is 5.98. The van der Waals surface area contributed by atoms with Crippen LogP contribution in [-0.2, 0) is 0 Å². The molecule has 22 heavy (non-hydrogen) atoms. The maximum Gasteiger partial charge on any atom is 0.144 e. The fourth-order valence-corrected chi connectivity index (χ4v) is 2.63. The van der Waals surface area contributed by atoms with Crippen LogP contribution < -0.4 is 15.3 Å². The molecule has 1 aromatic carbocycles. The highest BCUT2D eigenvalue weighted by atomic mass is 16.5. The van der Waals surface area contributed by atoms with Crippen LogP contribution in [0.5, 0.6) is 5.75 Å². The number of benzene rings is 1. The van der Waals surface area contributed by atoms with E-state index in [1.165, 1.54) is 0 Å². The number of nitrogens with zero attached hydrogens (tertiary/aromatic N) is 1. The Labute approximate surface area is 127 Å². The van der Waals surface area contributed by atoms with Gasteiger partial charge in [0, 0.05) is 17.5 Å². The van der Waals surface area contributed by atoms with Crippen LogP contribution in [0.25, 0.3) is 23.5 Å². The van der Waals surface area contributed by atoms with Gasteiger partial charge in [-0.1, -0.05) is 18.2 Å². The van der Waals surface area contributed by atoms with Crippen molar-refractivity contribution < 1.29 is 4.74 Å². The lowest BCUT2D eigenvalue weighted by Crippen LogP contribution is -2.19. The van der Waals surface area contributed by atoms with Crippen LogP contribution >= 0.6 is 0 Å². The second kappa shape index (κ2) is 5.07. The lowest BCUT2D eigenvalue weighted by molar-refractivity contribution is 0.414. The number of hydrogen-bond acceptors (Lipinski definition) is 2. The minimum atomic E-state index is 0.802. The lowest BCUT2D eigenvalue weighted by Gasteiger charge is -1.97. The molecule has 3 aromatic rings. The van der Waals surface area contributed by atoms with Crippen LogP contribution in [0.3, 0.4) is 0 Å². The zero-order valence-corrected chi connectivity index (χ0v) is 12.1. The predicted molar refractivity (Wildman–Crippen MR) is 86.8 cm³/mol. The monoisotopic (exact) mass is 289 g/mol. The van der Waals surface area contributed by atoms with Gasteiger partial charge in [0.15, 0.2) is 0 Å². The van der Waals surface area contributed by atoms with Crippen LogP contribution in [0, 0.1) is 0 Å². The van der Waals surface area contributed by atoms with E-state index < -0.39 is 0 Å². The molecule has 3 heterocycles. The zero-order chi connectivity index (χ0) is 14.9. The summed E-state index contributed by atoms with van der Waals surface area (Å²) < 4.78 is 5.47. The van der Waals surface area contributed by atoms with E-state index in [2.05, 4.69) is 27.1 Å². The van der Waals surface area contributed by atoms with Crippen LogP contribution in [-0.4, -0.2) is 17.1 Å². The Morgan fingerprint density at radius 2 is 2.00 bits per heavy atom. The summed E-state index contributed by atoms with van der Waals surface area (Å²) in [5.41, 5.74) is 3.84. The van der Waals surface area contributed by atoms with Gasteiger partial charge in [-0.05, 0) is 30.4 Å². The van der Waals surface area contributed by atoms with E-state index in [1.54, 1.807) is 7.11 Å². The Kier molecular flexibility index (Phi) is 2.93. The van der Waals surface area contributed by atoms with E-state index in [-0.39, 0.29) is 0 Å². The van der Waals surface area contributed by atoms with Gasteiger partial charge in [0.05, 0.1) is 35.2 Å². The number of hydrogen-bond donors (Lipinski definition) is 2. The molecule has 4 rings (SSSR count). The molecule has 2 aromatic heterocycles. The number of nitrogens with one attached hydrogen (secondary N) is 2. The molecular formula is C18H15N3O. The third-order valence-corrected chi connectivity index (χ3v) is 3.70. The van der Waals surface area contributed by atoms with Gasteiger partial charge in [0.1, 0.15) is 5.75 Å². The van der Waals surface area contributed by atoms with Crippen molar-refractivity contribution in [3.63, 3.8) is 0 Å². The smallest absolute Gasteiger partial charge is 0.144 e. The Hall–Kier alpha value is -3.01. The highest BCUT2D eigenvalue weighted by molar-refractivity contribution is 5.71. The topological polar surface area (TPSA) is 53.2 Å². The number of rotatable bonds is 3. The summed E-state index contributed by atoms with van der Waals surface area (Å²) in [7, 11) is 1.67. The molecule has 0 saturated heterocycles. The van der Waals surface area contributed by atoms with E-state index >= 15 is 0 Å². The first-order valence-corrected chi connectivity index (χ1v) is 7.11. The minimum Gasteiger partial charge on any atom is -0.494 e. The van der Waals surface area contributed by atoms with Crippen molar-refractivity contribution in [2.24, 2.45) is 4.99 Å². The minimum absolute atomic E-state index is 0.802. The molecule has 0 aliphatic carbocycles. The molecule has 0 spiro atoms. The highest BCUT2D eigenvalue weighted by Crippen LogP contribution is 2.28. The Morgan fingerprint density at radius 3 is 2.77 bits per heavy atom. The molecule has 0 fully saturated rings. The van der Waals surface area contributed by atoms with Crippen LogP contribution in [0.15, 0.2) is 59.4 Å². The molecule has 1 aliphatic rings. The van der Waals surface area contributed by atoms with Crippen molar-refractivity contribution in [2.45, 2.75) is 0 Å². The number of aromatic amines is 2. The molecule has 0 unspecified atom stereocenters. The summed E-state index contributed by atoms with van der Waals surface area (Å²) in [6, 6.07) is 14.1. The van der Waals surface area contributed by atoms with E-state index in [4.69, 9.17) is 4.74 Å². The maximum atomic E-state index is 5.47. The first kappa shape index (κ1) is 12.7. The number of fused-ring (bicyclic) bond motifs is 1. The first-order valence-electron chi connectivity index (χ1n) is 7.11. The number of H-pyrrole nitrogens is 2. The second-order valence-electron chi connectivity index (χ2n) is 5.13. The van der Waals surface area contributed by atoms with Gasteiger partial charge in [0.25, 0.3) is 0 Å². The van der Waals surface area contributed by atoms with E-state index in [0.29, 0.717) is 0 Å². The van der Waals surface area contributed by atoms with Gasteiger partial charge in [-0.25, -0.2) is 4.99 Å². The summed E-state index contributed by atoms with van der Waals surface area (Å²) in [5, 5.41) is 2.15. The van der Waals surface area contributed by atoms with Gasteiger partial charge >= 0.3 is 0 Å². The van der Waals surface area contributed by atoms with Crippen molar-refractivity contribution >= 4 is 12.2 Å². The average Bonchev–Trinajstić information content (AvgIpc) is 3.26. The van der Waals surface area contributed by atoms with Crippen molar-refractivity contribution in [3.8, 4) is 17.1 Å². The molecule has 4 nitrogen and oxygen atoms in total. The van der Waals surface area contributed by atoms with Gasteiger partial charge in [-0.3, -0.25) is 0 Å². The van der Waals surface area contributed by atoms with Crippen molar-refractivity contribution in [1.29, 1.82) is 0 Å². The Balaban J connectivity index is 1.78. The molecule has 1 aliphatic heterocycles. The standard InChI is InChI=1S/C18H15N3O/c1-22-18-11-16(15-7-4-8-19-15)21-17(18)10-13-9-12-5-2-3-6-14(12)20-13/h2-11,19,21H,1H3/b13-10-. The quantitative estimate of drug-likeness (QED) is 0.764. The molecule has 4 heteroatoms. The van der Waals surface area contributed by atoms with E-state index in [0.717, 1.165) is 39.1 Å². The number of para-hydroxylation sites is 1. The molecule has 0 bridgehead atoms. The van der Waals surface area contributed by atoms with Gasteiger partial charge in [-0.15, -0.1) is 0 Å². The maximum absolute atomic E-state index is 5.47. The number of allylic oxidation sites excluding steroid dienone is 1. The van der Waals surface area contributed by atoms with E-state index in [9.17, 15) is 0 Å². The summed E-state index contributed by atoms with van der Waals surface area (Å²) in [6.45, 7) is 0. The van der Waals surface area contributed by atoms with Gasteiger partial charge < -0.3 is 14.7 Å². The third kappa shape index (κ3) is 2.15. The largest absolute Gasteiger partial charge is 0.494 e. The summed E-state index contributed by atoms with van der Waals surface area (Å²) in [5.74, 6) is 0.802. The van der Waals surface area contributed by atoms with E-state index in [1.807, 2.05) is 48.7 Å². The molecule has 0 radical (unpaired) electrons. The number of aromatic nitrogens is 2. The normalized spacial score (nSPS) is 14.5. The molecule has 0 saturated carbocycles. The van der Waals surface area contributed by atoms with Crippen molar-refractivity contribution in [1.82, 2.24) is 9.97 Å². The third-order valence-electron chi connectivity index (χ3n) is 3.70. The molecule has 0 atom stereocenters. The van der Waals surface area contributed by atoms with Gasteiger partial charge in [-0.2, -0.15) is 0 Å². The van der Waals surface area contributed by atoms with Crippen molar-refractivity contribution in [2.75, 3.05) is 7.11 Å². The molecule has 0 amide bonds. The molecule has 2 N–H and O–H groups in total. The SMILES string of the molecule is COc1cc(-c2ccc[nH]2)[nH]c1/C=C1/C=c2ccccc2=N1.